The summed E-state index contributed by atoms with van der Waals surface area (Å²) < 4.78 is 82.6. The van der Waals surface area contributed by atoms with Crippen molar-refractivity contribution in [2.24, 2.45) is 0 Å². The van der Waals surface area contributed by atoms with Gasteiger partial charge < -0.3 is 9.32 Å². The maximum atomic E-state index is 9.73. The monoisotopic (exact) mass is 723 g/mol. The van der Waals surface area contributed by atoms with Crippen LogP contribution in [0.1, 0.15) is 11.0 Å². The van der Waals surface area contributed by atoms with E-state index in [-0.39, 0.29) is 46.7 Å². The minimum Gasteiger partial charge on any atom is -0.456 e. The zero-order chi connectivity index (χ0) is 44.2. The van der Waals surface area contributed by atoms with Gasteiger partial charge in [0.05, 0.1) is 16.7 Å². The van der Waals surface area contributed by atoms with Crippen LogP contribution < -0.4 is 4.90 Å². The van der Waals surface area contributed by atoms with E-state index >= 15 is 0 Å². The molecule has 0 aliphatic heterocycles. The summed E-state index contributed by atoms with van der Waals surface area (Å²) >= 11 is 0. The Labute approximate surface area is 338 Å². The van der Waals surface area contributed by atoms with E-state index in [9.17, 15) is 11.0 Å². The lowest BCUT2D eigenvalue weighted by molar-refractivity contribution is 0.669. The van der Waals surface area contributed by atoms with Gasteiger partial charge in [-0.25, -0.2) is 0 Å². The van der Waals surface area contributed by atoms with Crippen molar-refractivity contribution in [1.82, 2.24) is 0 Å². The molecule has 0 radical (unpaired) electrons. The standard InChI is InChI=1S/C54H37NO/c1-3-15-38(16-4-1)39-27-32-43(33-28-39)55(44-34-29-40(30-35-44)42-31-36-51-50-24-12-14-26-53(50)56-54(51)37-42)52-25-13-11-23-49(52)48-22-10-9-21-47(48)46-20-8-7-19-45(46)41-17-5-2-6-18-41/h1-37H/i27D,28D,29D,30D,32D,33D,34D,35D. The molecule has 0 fully saturated rings. The van der Waals surface area contributed by atoms with Crippen molar-refractivity contribution in [3.63, 3.8) is 0 Å². The van der Waals surface area contributed by atoms with E-state index < -0.39 is 24.2 Å². The molecule has 10 rings (SSSR count). The third-order valence-electron chi connectivity index (χ3n) is 10.1. The third-order valence-corrected chi connectivity index (χ3v) is 10.1. The molecular formula is C54H37NO. The van der Waals surface area contributed by atoms with Crippen LogP contribution in [0.4, 0.5) is 17.1 Å². The maximum Gasteiger partial charge on any atom is 0.136 e. The van der Waals surface area contributed by atoms with Gasteiger partial charge in [0, 0.05) is 27.7 Å². The van der Waals surface area contributed by atoms with Gasteiger partial charge in [0.25, 0.3) is 0 Å². The Morgan fingerprint density at radius 1 is 0.321 bits per heavy atom. The molecule has 0 bridgehead atoms. The second-order valence-corrected chi connectivity index (χ2v) is 13.4. The van der Waals surface area contributed by atoms with Crippen LogP contribution in [0, 0.1) is 0 Å². The van der Waals surface area contributed by atoms with Crippen LogP contribution in [0.15, 0.2) is 229 Å². The first-order valence-electron chi connectivity index (χ1n) is 22.4. The Balaban J connectivity index is 1.24. The Morgan fingerprint density at radius 2 is 0.786 bits per heavy atom. The summed E-state index contributed by atoms with van der Waals surface area (Å²) in [5.41, 5.74) is 7.35. The van der Waals surface area contributed by atoms with Gasteiger partial charge >= 0.3 is 0 Å². The van der Waals surface area contributed by atoms with Gasteiger partial charge in [0.15, 0.2) is 0 Å². The van der Waals surface area contributed by atoms with E-state index in [1.165, 1.54) is 4.90 Å². The number of furan rings is 1. The molecular weight excluding hydrogens is 679 g/mol. The molecule has 0 aliphatic carbocycles. The second-order valence-electron chi connectivity index (χ2n) is 13.4. The molecule has 0 spiro atoms. The summed E-state index contributed by atoms with van der Waals surface area (Å²) in [6, 6.07) is 52.0. The fourth-order valence-corrected chi connectivity index (χ4v) is 7.40. The molecule has 1 aromatic heterocycles. The summed E-state index contributed by atoms with van der Waals surface area (Å²) in [6.07, 6.45) is 0. The highest BCUT2D eigenvalue weighted by Gasteiger charge is 2.20. The minimum absolute atomic E-state index is 0.0520. The van der Waals surface area contributed by atoms with Crippen molar-refractivity contribution in [2.75, 3.05) is 4.90 Å². The molecule has 2 nitrogen and oxygen atoms in total. The van der Waals surface area contributed by atoms with Gasteiger partial charge in [0.2, 0.25) is 0 Å². The first-order valence-corrected chi connectivity index (χ1v) is 18.4. The third kappa shape index (κ3) is 6.14. The number of fused-ring (bicyclic) bond motifs is 3. The molecule has 0 aliphatic rings. The summed E-state index contributed by atoms with van der Waals surface area (Å²) in [6.45, 7) is 0. The average molecular weight is 724 g/mol. The molecule has 0 atom stereocenters. The molecule has 0 N–H and O–H groups in total. The molecule has 0 unspecified atom stereocenters. The van der Waals surface area contributed by atoms with E-state index in [1.54, 1.807) is 48.5 Å². The second kappa shape index (κ2) is 14.4. The normalized spacial score (nSPS) is 13.2. The van der Waals surface area contributed by atoms with Crippen LogP contribution >= 0.6 is 0 Å². The van der Waals surface area contributed by atoms with E-state index in [2.05, 4.69) is 24.3 Å². The Bertz CT molecular complexity index is 3380. The number of hydrogen-bond donors (Lipinski definition) is 0. The molecule has 2 heteroatoms. The molecule has 9 aromatic carbocycles. The largest absolute Gasteiger partial charge is 0.456 e. The van der Waals surface area contributed by atoms with Crippen LogP contribution in [-0.4, -0.2) is 0 Å². The molecule has 264 valence electrons. The molecule has 10 aromatic rings. The van der Waals surface area contributed by atoms with Gasteiger partial charge in [0.1, 0.15) is 11.2 Å². The van der Waals surface area contributed by atoms with Crippen LogP contribution in [0.2, 0.25) is 0 Å². The number of anilines is 3. The minimum atomic E-state index is -0.429. The predicted molar refractivity (Wildman–Crippen MR) is 236 cm³/mol. The number of benzene rings is 9. The highest BCUT2D eigenvalue weighted by Crippen LogP contribution is 2.45. The summed E-state index contributed by atoms with van der Waals surface area (Å²) in [4.78, 5) is 1.39. The van der Waals surface area contributed by atoms with Crippen molar-refractivity contribution in [1.29, 1.82) is 0 Å². The summed E-state index contributed by atoms with van der Waals surface area (Å²) in [5.74, 6) is 0. The quantitative estimate of drug-likeness (QED) is 0.155. The smallest absolute Gasteiger partial charge is 0.136 e. The molecule has 0 saturated carbocycles. The van der Waals surface area contributed by atoms with E-state index in [0.717, 1.165) is 38.6 Å². The number of rotatable bonds is 8. The van der Waals surface area contributed by atoms with Gasteiger partial charge in [-0.1, -0.05) is 176 Å². The Hall–Kier alpha value is -7.42. The Kier molecular flexibility index (Phi) is 6.59. The van der Waals surface area contributed by atoms with Gasteiger partial charge in [-0.15, -0.1) is 0 Å². The van der Waals surface area contributed by atoms with E-state index in [4.69, 9.17) is 4.42 Å². The fraction of sp³-hybridized carbons (Fsp3) is 0. The zero-order valence-electron chi connectivity index (χ0n) is 38.1. The first kappa shape index (κ1) is 25.6. The van der Waals surface area contributed by atoms with Crippen LogP contribution in [0.25, 0.3) is 77.6 Å². The number of nitrogens with zero attached hydrogens (tertiary/aromatic N) is 1. The predicted octanol–water partition coefficient (Wildman–Crippen LogP) is 15.4. The van der Waals surface area contributed by atoms with Gasteiger partial charge in [-0.05, 0) is 98.5 Å². The lowest BCUT2D eigenvalue weighted by atomic mass is 9.88. The average Bonchev–Trinajstić information content (AvgIpc) is 3.71. The highest BCUT2D eigenvalue weighted by atomic mass is 16.3. The van der Waals surface area contributed by atoms with Gasteiger partial charge in [-0.3, -0.25) is 0 Å². The highest BCUT2D eigenvalue weighted by molar-refractivity contribution is 6.06. The molecule has 0 amide bonds. The molecule has 56 heavy (non-hydrogen) atoms. The number of para-hydroxylation sites is 2. The van der Waals surface area contributed by atoms with E-state index in [0.29, 0.717) is 33.5 Å². The molecule has 0 saturated heterocycles. The summed E-state index contributed by atoms with van der Waals surface area (Å²) in [5, 5.41) is 1.76. The van der Waals surface area contributed by atoms with Crippen LogP contribution in [-0.2, 0) is 0 Å². The fourth-order valence-electron chi connectivity index (χ4n) is 7.40. The Morgan fingerprint density at radius 3 is 1.45 bits per heavy atom. The van der Waals surface area contributed by atoms with Crippen LogP contribution in [0.3, 0.4) is 0 Å². The molecule has 1 heterocycles. The zero-order valence-corrected chi connectivity index (χ0v) is 30.1. The number of hydrogen-bond acceptors (Lipinski definition) is 2. The lowest BCUT2D eigenvalue weighted by Gasteiger charge is -2.29. The lowest BCUT2D eigenvalue weighted by Crippen LogP contribution is -2.11. The van der Waals surface area contributed by atoms with Crippen molar-refractivity contribution in [3.8, 4) is 55.6 Å². The summed E-state index contributed by atoms with van der Waals surface area (Å²) in [7, 11) is 0. The van der Waals surface area contributed by atoms with Gasteiger partial charge in [-0.2, -0.15) is 0 Å². The topological polar surface area (TPSA) is 16.4 Å². The van der Waals surface area contributed by atoms with Crippen LogP contribution in [0.5, 0.6) is 0 Å². The van der Waals surface area contributed by atoms with E-state index in [1.807, 2.05) is 103 Å². The first-order chi connectivity index (χ1) is 31.1. The SMILES string of the molecule is [2H]c1c([2H])c(N(c2ccccc2-c2ccccc2-c2ccccc2-c2ccccc2)c2c([2H])c([2H])c(-c3ccc4c(c3)oc3ccccc34)c([2H])c2[2H])c([2H])c([2H])c1-c1ccccc1. The van der Waals surface area contributed by atoms with Crippen molar-refractivity contribution in [2.45, 2.75) is 0 Å². The van der Waals surface area contributed by atoms with Crippen molar-refractivity contribution >= 4 is 39.0 Å². The maximum absolute atomic E-state index is 9.73. The van der Waals surface area contributed by atoms with Crippen molar-refractivity contribution < 1.29 is 15.4 Å². The van der Waals surface area contributed by atoms with Crippen molar-refractivity contribution in [3.05, 3.63) is 224 Å².